The molecule has 4 rings (SSSR count). The lowest BCUT2D eigenvalue weighted by Gasteiger charge is -2.11. The first-order valence-corrected chi connectivity index (χ1v) is 11.6. The minimum absolute atomic E-state index is 0.0386. The number of nitro benzene ring substituents is 2. The van der Waals surface area contributed by atoms with Gasteiger partial charge in [0.25, 0.3) is 11.4 Å². The highest BCUT2D eigenvalue weighted by atomic mass is 16.6. The third kappa shape index (κ3) is 5.56. The average molecular weight is 468 g/mol. The molecule has 0 saturated carbocycles. The summed E-state index contributed by atoms with van der Waals surface area (Å²) in [5.41, 5.74) is 4.68. The van der Waals surface area contributed by atoms with Gasteiger partial charge in [0, 0.05) is 58.5 Å². The number of fused-ring (bicyclic) bond motifs is 1. The van der Waals surface area contributed by atoms with Gasteiger partial charge in [-0.15, -0.1) is 0 Å². The summed E-state index contributed by atoms with van der Waals surface area (Å²) >= 11 is 0. The predicted octanol–water partition coefficient (Wildman–Crippen LogP) is 7.10. The Hall–Kier alpha value is -4.44. The van der Waals surface area contributed by atoms with Crippen LogP contribution in [0.2, 0.25) is 0 Å². The highest BCUT2D eigenvalue weighted by Crippen LogP contribution is 2.31. The molecule has 1 aromatic heterocycles. The normalized spacial score (nSPS) is 10.7. The van der Waals surface area contributed by atoms with Gasteiger partial charge in [-0.05, 0) is 54.4 Å². The molecule has 0 bridgehead atoms. The van der Waals surface area contributed by atoms with Crippen molar-refractivity contribution in [2.75, 3.05) is 0 Å². The molecule has 0 unspecified atom stereocenters. The summed E-state index contributed by atoms with van der Waals surface area (Å²) in [6.07, 6.45) is 4.51. The van der Waals surface area contributed by atoms with E-state index in [1.54, 1.807) is 24.3 Å². The molecule has 176 valence electrons. The highest BCUT2D eigenvalue weighted by Gasteiger charge is 2.13. The maximum Gasteiger partial charge on any atom is 0.269 e. The summed E-state index contributed by atoms with van der Waals surface area (Å²) in [4.78, 5) is 21.1. The van der Waals surface area contributed by atoms with Crippen molar-refractivity contribution in [2.24, 2.45) is 0 Å². The van der Waals surface area contributed by atoms with Crippen molar-refractivity contribution in [3.8, 4) is 23.1 Å². The predicted molar refractivity (Wildman–Crippen MR) is 137 cm³/mol. The van der Waals surface area contributed by atoms with Crippen LogP contribution in [0.4, 0.5) is 11.4 Å². The minimum atomic E-state index is -0.428. The lowest BCUT2D eigenvalue weighted by Crippen LogP contribution is -2.00. The molecule has 0 radical (unpaired) electrons. The maximum absolute atomic E-state index is 11.1. The van der Waals surface area contributed by atoms with E-state index in [0.717, 1.165) is 53.5 Å². The van der Waals surface area contributed by atoms with Crippen molar-refractivity contribution in [3.05, 3.63) is 104 Å². The zero-order valence-corrected chi connectivity index (χ0v) is 19.4. The van der Waals surface area contributed by atoms with Gasteiger partial charge in [0.05, 0.1) is 9.85 Å². The van der Waals surface area contributed by atoms with Crippen molar-refractivity contribution in [1.29, 1.82) is 0 Å². The Balaban J connectivity index is 1.70. The molecule has 0 saturated heterocycles. The molecule has 0 spiro atoms. The van der Waals surface area contributed by atoms with Gasteiger partial charge >= 0.3 is 0 Å². The molecule has 35 heavy (non-hydrogen) atoms. The van der Waals surface area contributed by atoms with Crippen LogP contribution in [0, 0.1) is 32.1 Å². The number of nitrogens with zero attached hydrogens (tertiary/aromatic N) is 3. The fourth-order valence-electron chi connectivity index (χ4n) is 4.07. The smallest absolute Gasteiger partial charge is 0.269 e. The van der Waals surface area contributed by atoms with Crippen LogP contribution in [0.15, 0.2) is 72.8 Å². The van der Waals surface area contributed by atoms with E-state index in [2.05, 4.69) is 35.5 Å². The van der Waals surface area contributed by atoms with Gasteiger partial charge in [-0.3, -0.25) is 20.2 Å². The number of aromatic nitrogens is 1. The van der Waals surface area contributed by atoms with Gasteiger partial charge in [-0.25, -0.2) is 0 Å². The van der Waals surface area contributed by atoms with Crippen LogP contribution in [0.25, 0.3) is 22.2 Å². The molecule has 0 atom stereocenters. The molecule has 4 aromatic rings. The lowest BCUT2D eigenvalue weighted by atomic mass is 10.1. The average Bonchev–Trinajstić information content (AvgIpc) is 3.23. The maximum atomic E-state index is 11.1. The second kappa shape index (κ2) is 10.7. The summed E-state index contributed by atoms with van der Waals surface area (Å²) in [7, 11) is 0. The molecule has 1 heterocycles. The van der Waals surface area contributed by atoms with Gasteiger partial charge in [-0.1, -0.05) is 44.1 Å². The van der Waals surface area contributed by atoms with Crippen LogP contribution < -0.4 is 0 Å². The zero-order valence-electron chi connectivity index (χ0n) is 19.4. The first kappa shape index (κ1) is 23.7. The molecule has 0 aliphatic heterocycles. The Morgan fingerprint density at radius 2 is 1.34 bits per heavy atom. The van der Waals surface area contributed by atoms with Crippen molar-refractivity contribution in [1.82, 2.24) is 4.57 Å². The van der Waals surface area contributed by atoms with Crippen LogP contribution in [-0.2, 0) is 6.54 Å². The van der Waals surface area contributed by atoms with E-state index in [-0.39, 0.29) is 16.3 Å². The number of non-ortho nitro benzene ring substituents is 2. The van der Waals surface area contributed by atoms with Crippen molar-refractivity contribution >= 4 is 22.3 Å². The molecule has 0 aliphatic carbocycles. The summed E-state index contributed by atoms with van der Waals surface area (Å²) in [5.74, 6) is 6.25. The van der Waals surface area contributed by atoms with Gasteiger partial charge in [0.1, 0.15) is 0 Å². The molecule has 7 nitrogen and oxygen atoms in total. The summed E-state index contributed by atoms with van der Waals surface area (Å²) in [6.45, 7) is 3.03. The first-order chi connectivity index (χ1) is 17.0. The van der Waals surface area contributed by atoms with E-state index in [4.69, 9.17) is 0 Å². The Labute approximate surface area is 203 Å². The topological polar surface area (TPSA) is 91.2 Å². The van der Waals surface area contributed by atoms with Crippen molar-refractivity contribution in [2.45, 2.75) is 39.2 Å². The minimum Gasteiger partial charge on any atom is -0.340 e. The highest BCUT2D eigenvalue weighted by molar-refractivity contribution is 5.88. The largest absolute Gasteiger partial charge is 0.340 e. The second-order valence-electron chi connectivity index (χ2n) is 8.37. The van der Waals surface area contributed by atoms with Crippen molar-refractivity contribution in [3.63, 3.8) is 0 Å². The first-order valence-electron chi connectivity index (χ1n) is 11.6. The van der Waals surface area contributed by atoms with Gasteiger partial charge in [0.15, 0.2) is 0 Å². The van der Waals surface area contributed by atoms with E-state index >= 15 is 0 Å². The molecular weight excluding hydrogens is 442 g/mol. The quantitative estimate of drug-likeness (QED) is 0.120. The van der Waals surface area contributed by atoms with E-state index in [1.807, 2.05) is 12.1 Å². The van der Waals surface area contributed by atoms with Crippen LogP contribution in [0.3, 0.4) is 0 Å². The summed E-state index contributed by atoms with van der Waals surface area (Å²) < 4.78 is 2.27. The number of aryl methyl sites for hydroxylation is 1. The van der Waals surface area contributed by atoms with E-state index in [0.29, 0.717) is 5.56 Å². The van der Waals surface area contributed by atoms with Crippen LogP contribution >= 0.6 is 0 Å². The van der Waals surface area contributed by atoms with Crippen LogP contribution in [-0.4, -0.2) is 14.4 Å². The van der Waals surface area contributed by atoms with Gasteiger partial charge in [0.2, 0.25) is 0 Å². The number of nitro groups is 2. The molecule has 0 amide bonds. The number of rotatable bonds is 8. The van der Waals surface area contributed by atoms with Crippen LogP contribution in [0.5, 0.6) is 0 Å². The van der Waals surface area contributed by atoms with Crippen LogP contribution in [0.1, 0.15) is 43.7 Å². The van der Waals surface area contributed by atoms with E-state index in [1.165, 1.54) is 30.7 Å². The Kier molecular flexibility index (Phi) is 7.22. The van der Waals surface area contributed by atoms with Gasteiger partial charge < -0.3 is 4.57 Å². The monoisotopic (exact) mass is 467 g/mol. The standard InChI is InChI=1S/C28H25N3O4/c1-2-3-4-5-18-29-27-19-22(7-6-21-9-14-25(15-10-21)30(32)33)8-11-24(27)20-28(29)23-12-16-26(17-13-23)31(34)35/h8-17,19-20H,2-5,18H2,1H3. The third-order valence-corrected chi connectivity index (χ3v) is 5.94. The number of hydrogen-bond donors (Lipinski definition) is 0. The molecule has 0 fully saturated rings. The van der Waals surface area contributed by atoms with E-state index in [9.17, 15) is 20.2 Å². The summed E-state index contributed by atoms with van der Waals surface area (Å²) in [6, 6.07) is 21.0. The molecular formula is C28H25N3O4. The summed E-state index contributed by atoms with van der Waals surface area (Å²) in [5, 5.41) is 23.0. The van der Waals surface area contributed by atoms with Crippen molar-refractivity contribution < 1.29 is 9.85 Å². The lowest BCUT2D eigenvalue weighted by molar-refractivity contribution is -0.385. The fourth-order valence-corrected chi connectivity index (χ4v) is 4.07. The zero-order chi connectivity index (χ0) is 24.8. The Morgan fingerprint density at radius 1 is 0.743 bits per heavy atom. The SMILES string of the molecule is CCCCCCn1c(-c2ccc([N+](=O)[O-])cc2)cc2ccc(C#Cc3ccc([N+](=O)[O-])cc3)cc21. The molecule has 0 N–H and O–H groups in total. The molecule has 7 heteroatoms. The number of unbranched alkanes of at least 4 members (excludes halogenated alkanes) is 3. The Morgan fingerprint density at radius 3 is 1.97 bits per heavy atom. The third-order valence-electron chi connectivity index (χ3n) is 5.94. The van der Waals surface area contributed by atoms with Gasteiger partial charge in [-0.2, -0.15) is 0 Å². The number of benzene rings is 3. The molecule has 3 aromatic carbocycles. The number of hydrogen-bond acceptors (Lipinski definition) is 4. The molecule has 0 aliphatic rings. The Bertz CT molecular complexity index is 1430. The second-order valence-corrected chi connectivity index (χ2v) is 8.37. The fraction of sp³-hybridized carbons (Fsp3) is 0.214. The van der Waals surface area contributed by atoms with E-state index < -0.39 is 4.92 Å².